The summed E-state index contributed by atoms with van der Waals surface area (Å²) < 4.78 is 5.90. The van der Waals surface area contributed by atoms with E-state index in [1.807, 2.05) is 19.1 Å². The maximum Gasteiger partial charge on any atom is 0.140 e. The summed E-state index contributed by atoms with van der Waals surface area (Å²) in [5.74, 6) is 0.445. The summed E-state index contributed by atoms with van der Waals surface area (Å²) in [6.45, 7) is 1.86. The molecule has 0 fully saturated rings. The van der Waals surface area contributed by atoms with Crippen LogP contribution in [-0.2, 0) is 0 Å². The Kier molecular flexibility index (Phi) is 5.11. The van der Waals surface area contributed by atoms with E-state index in [-0.39, 0.29) is 12.1 Å². The van der Waals surface area contributed by atoms with E-state index in [0.717, 1.165) is 5.56 Å². The summed E-state index contributed by atoms with van der Waals surface area (Å²) >= 11 is 18.0. The van der Waals surface area contributed by atoms with Crippen molar-refractivity contribution >= 4 is 34.8 Å². The Hall–Kier alpha value is -1.00. The molecule has 0 spiro atoms. The molecule has 6 heteroatoms. The molecule has 0 aliphatic rings. The van der Waals surface area contributed by atoms with E-state index in [0.29, 0.717) is 20.8 Å². The molecule has 20 heavy (non-hydrogen) atoms. The number of rotatable bonds is 4. The second-order valence-electron chi connectivity index (χ2n) is 4.37. The number of aromatic nitrogens is 1. The Bertz CT molecular complexity index is 590. The lowest BCUT2D eigenvalue weighted by atomic mass is 10.1. The molecule has 2 atom stereocenters. The summed E-state index contributed by atoms with van der Waals surface area (Å²) in [6, 6.07) is 6.59. The lowest BCUT2D eigenvalue weighted by Gasteiger charge is -2.23. The molecule has 2 rings (SSSR count). The molecule has 0 saturated heterocycles. The summed E-state index contributed by atoms with van der Waals surface area (Å²) in [5.41, 5.74) is 6.90. The highest BCUT2D eigenvalue weighted by Crippen LogP contribution is 2.36. The number of benzene rings is 1. The molecule has 2 N–H and O–H groups in total. The zero-order valence-corrected chi connectivity index (χ0v) is 13.0. The van der Waals surface area contributed by atoms with Gasteiger partial charge in [0.2, 0.25) is 0 Å². The molecule has 2 unspecified atom stereocenters. The van der Waals surface area contributed by atoms with Crippen LogP contribution in [0.4, 0.5) is 0 Å². The van der Waals surface area contributed by atoms with Crippen molar-refractivity contribution in [1.82, 2.24) is 4.98 Å². The van der Waals surface area contributed by atoms with Gasteiger partial charge < -0.3 is 10.5 Å². The Labute approximate surface area is 132 Å². The molecule has 0 bridgehead atoms. The lowest BCUT2D eigenvalue weighted by Crippen LogP contribution is -2.29. The second kappa shape index (κ2) is 6.64. The fraction of sp³-hybridized carbons (Fsp3) is 0.214. The van der Waals surface area contributed by atoms with Crippen LogP contribution < -0.4 is 10.5 Å². The second-order valence-corrected chi connectivity index (χ2v) is 5.60. The number of ether oxygens (including phenoxy) is 1. The van der Waals surface area contributed by atoms with E-state index in [9.17, 15) is 0 Å². The van der Waals surface area contributed by atoms with Crippen molar-refractivity contribution in [1.29, 1.82) is 0 Å². The Morgan fingerprint density at radius 3 is 2.25 bits per heavy atom. The first-order chi connectivity index (χ1) is 9.49. The minimum absolute atomic E-state index is 0.233. The molecule has 1 aromatic carbocycles. The first kappa shape index (κ1) is 15.4. The van der Waals surface area contributed by atoms with Crippen molar-refractivity contribution in [3.05, 3.63) is 57.3 Å². The topological polar surface area (TPSA) is 48.1 Å². The number of nitrogens with two attached hydrogens (primary N) is 1. The molecule has 3 nitrogen and oxygen atoms in total. The Morgan fingerprint density at radius 2 is 1.65 bits per heavy atom. The van der Waals surface area contributed by atoms with E-state index in [2.05, 4.69) is 4.98 Å². The fourth-order valence-corrected chi connectivity index (χ4v) is 2.34. The largest absolute Gasteiger partial charge is 0.482 e. The van der Waals surface area contributed by atoms with E-state index >= 15 is 0 Å². The average molecular weight is 332 g/mol. The number of hydrogen-bond acceptors (Lipinski definition) is 3. The van der Waals surface area contributed by atoms with Gasteiger partial charge in [-0.25, -0.2) is 0 Å². The van der Waals surface area contributed by atoms with Gasteiger partial charge in [0.1, 0.15) is 11.9 Å². The number of halogens is 3. The highest BCUT2D eigenvalue weighted by molar-refractivity contribution is 6.43. The molecule has 0 radical (unpaired) electrons. The predicted molar refractivity (Wildman–Crippen MR) is 82.7 cm³/mol. The van der Waals surface area contributed by atoms with Crippen LogP contribution in [0.3, 0.4) is 0 Å². The first-order valence-electron chi connectivity index (χ1n) is 5.95. The van der Waals surface area contributed by atoms with E-state index in [1.54, 1.807) is 24.5 Å². The van der Waals surface area contributed by atoms with Crippen LogP contribution in [-0.4, -0.2) is 11.0 Å². The van der Waals surface area contributed by atoms with Gasteiger partial charge in [0.25, 0.3) is 0 Å². The minimum atomic E-state index is -0.354. The van der Waals surface area contributed by atoms with E-state index in [1.165, 1.54) is 0 Å². The van der Waals surface area contributed by atoms with Gasteiger partial charge in [-0.05, 0) is 30.7 Å². The quantitative estimate of drug-likeness (QED) is 0.839. The number of nitrogens with zero attached hydrogens (tertiary/aromatic N) is 1. The van der Waals surface area contributed by atoms with E-state index in [4.69, 9.17) is 45.3 Å². The van der Waals surface area contributed by atoms with Crippen LogP contribution in [0, 0.1) is 0 Å². The average Bonchev–Trinajstić information content (AvgIpc) is 2.42. The molecule has 1 aromatic heterocycles. The van der Waals surface area contributed by atoms with Crippen molar-refractivity contribution in [2.45, 2.75) is 19.1 Å². The molecule has 106 valence electrons. The fourth-order valence-electron chi connectivity index (χ4n) is 1.76. The van der Waals surface area contributed by atoms with Gasteiger partial charge in [-0.15, -0.1) is 0 Å². The Balaban J connectivity index is 2.32. The van der Waals surface area contributed by atoms with Gasteiger partial charge in [0.15, 0.2) is 0 Å². The first-order valence-corrected chi connectivity index (χ1v) is 7.09. The molecule has 2 aromatic rings. The summed E-state index contributed by atoms with van der Waals surface area (Å²) in [6.07, 6.45) is 3.02. The SMILES string of the molecule is CC(N)C(Oc1cc(Cl)c(Cl)cc1Cl)c1ccncc1. The monoisotopic (exact) mass is 330 g/mol. The van der Waals surface area contributed by atoms with Gasteiger partial charge in [-0.3, -0.25) is 4.98 Å². The third kappa shape index (κ3) is 3.55. The standard InChI is InChI=1S/C14H13Cl3N2O/c1-8(18)14(9-2-4-19-5-3-9)20-13-7-11(16)10(15)6-12(13)17/h2-8,14H,18H2,1H3. The van der Waals surface area contributed by atoms with Crippen molar-refractivity contribution in [2.75, 3.05) is 0 Å². The van der Waals surface area contributed by atoms with Crippen LogP contribution in [0.15, 0.2) is 36.7 Å². The van der Waals surface area contributed by atoms with Crippen LogP contribution in [0.1, 0.15) is 18.6 Å². The zero-order valence-electron chi connectivity index (χ0n) is 10.7. The highest BCUT2D eigenvalue weighted by atomic mass is 35.5. The van der Waals surface area contributed by atoms with E-state index < -0.39 is 0 Å². The number of hydrogen-bond donors (Lipinski definition) is 1. The number of pyridine rings is 1. The maximum absolute atomic E-state index is 6.12. The molecule has 0 saturated carbocycles. The molecule has 0 amide bonds. The van der Waals surface area contributed by atoms with Crippen LogP contribution in [0.25, 0.3) is 0 Å². The summed E-state index contributed by atoms with van der Waals surface area (Å²) in [4.78, 5) is 3.98. The smallest absolute Gasteiger partial charge is 0.140 e. The van der Waals surface area contributed by atoms with Gasteiger partial charge in [-0.1, -0.05) is 34.8 Å². The van der Waals surface area contributed by atoms with Crippen molar-refractivity contribution in [3.63, 3.8) is 0 Å². The maximum atomic E-state index is 6.12. The minimum Gasteiger partial charge on any atom is -0.482 e. The van der Waals surface area contributed by atoms with Crippen molar-refractivity contribution in [2.24, 2.45) is 5.73 Å². The zero-order chi connectivity index (χ0) is 14.7. The van der Waals surface area contributed by atoms with Gasteiger partial charge in [0.05, 0.1) is 15.1 Å². The molecule has 0 aliphatic heterocycles. The summed E-state index contributed by atoms with van der Waals surface area (Å²) in [5, 5.41) is 1.15. The van der Waals surface area contributed by atoms with Crippen molar-refractivity contribution in [3.8, 4) is 5.75 Å². The van der Waals surface area contributed by atoms with Crippen LogP contribution in [0.5, 0.6) is 5.75 Å². The third-order valence-electron chi connectivity index (χ3n) is 2.74. The summed E-state index contributed by atoms with van der Waals surface area (Å²) in [7, 11) is 0. The van der Waals surface area contributed by atoms with Crippen LogP contribution >= 0.6 is 34.8 Å². The lowest BCUT2D eigenvalue weighted by molar-refractivity contribution is 0.180. The van der Waals surface area contributed by atoms with Gasteiger partial charge >= 0.3 is 0 Å². The molecule has 0 aliphatic carbocycles. The normalized spacial score (nSPS) is 13.8. The van der Waals surface area contributed by atoms with Gasteiger partial charge in [0, 0.05) is 24.5 Å². The third-order valence-corrected chi connectivity index (χ3v) is 3.76. The van der Waals surface area contributed by atoms with Crippen LogP contribution in [0.2, 0.25) is 15.1 Å². The predicted octanol–water partition coefficient (Wildman–Crippen LogP) is 4.51. The molecular weight excluding hydrogens is 319 g/mol. The molecule has 1 heterocycles. The van der Waals surface area contributed by atoms with Crippen molar-refractivity contribution < 1.29 is 4.74 Å². The van der Waals surface area contributed by atoms with Gasteiger partial charge in [-0.2, -0.15) is 0 Å². The highest BCUT2D eigenvalue weighted by Gasteiger charge is 2.20. The Morgan fingerprint density at radius 1 is 1.05 bits per heavy atom. The molecular formula is C14H13Cl3N2O.